The smallest absolute Gasteiger partial charge is 0.248 e. The molecular weight excluding hydrogens is 390 g/mol. The molecule has 7 nitrogen and oxygen atoms in total. The summed E-state index contributed by atoms with van der Waals surface area (Å²) in [6, 6.07) is 16.8. The molecule has 0 spiro atoms. The molecule has 0 saturated carbocycles. The van der Waals surface area contributed by atoms with Crippen LogP contribution in [0.1, 0.15) is 46.9 Å². The Labute approximate surface area is 181 Å². The van der Waals surface area contributed by atoms with Gasteiger partial charge in [0.2, 0.25) is 17.8 Å². The van der Waals surface area contributed by atoms with Crippen molar-refractivity contribution in [3.63, 3.8) is 0 Å². The van der Waals surface area contributed by atoms with Crippen LogP contribution in [0.25, 0.3) is 11.1 Å². The molecule has 1 aliphatic rings. The third kappa shape index (κ3) is 4.55. The average Bonchev–Trinajstić information content (AvgIpc) is 3.28. The lowest BCUT2D eigenvalue weighted by molar-refractivity contribution is -0.132. The van der Waals surface area contributed by atoms with Crippen molar-refractivity contribution in [2.75, 3.05) is 12.3 Å². The van der Waals surface area contributed by atoms with Gasteiger partial charge in [0.25, 0.3) is 0 Å². The van der Waals surface area contributed by atoms with E-state index >= 15 is 0 Å². The van der Waals surface area contributed by atoms with Gasteiger partial charge in [0.1, 0.15) is 0 Å². The molecule has 7 heteroatoms. The van der Waals surface area contributed by atoms with Crippen molar-refractivity contribution in [1.82, 2.24) is 14.9 Å². The van der Waals surface area contributed by atoms with Crippen molar-refractivity contribution in [3.05, 3.63) is 77.6 Å². The van der Waals surface area contributed by atoms with Gasteiger partial charge in [-0.25, -0.2) is 9.97 Å². The van der Waals surface area contributed by atoms with Gasteiger partial charge >= 0.3 is 0 Å². The summed E-state index contributed by atoms with van der Waals surface area (Å²) < 4.78 is 0. The zero-order valence-electron chi connectivity index (χ0n) is 17.2. The Hall–Kier alpha value is -3.74. The van der Waals surface area contributed by atoms with Crippen LogP contribution in [0.2, 0.25) is 0 Å². The number of hydrogen-bond donors (Lipinski definition) is 2. The largest absolute Gasteiger partial charge is 0.368 e. The number of aromatic nitrogens is 2. The second kappa shape index (κ2) is 8.95. The van der Waals surface area contributed by atoms with E-state index in [1.807, 2.05) is 41.3 Å². The number of carbonyl (C=O) groups excluding carboxylic acids is 2. The van der Waals surface area contributed by atoms with Crippen LogP contribution in [0.4, 0.5) is 5.95 Å². The zero-order chi connectivity index (χ0) is 21.8. The van der Waals surface area contributed by atoms with E-state index in [0.717, 1.165) is 29.5 Å². The fourth-order valence-corrected chi connectivity index (χ4v) is 4.11. The molecule has 1 atom stereocenters. The van der Waals surface area contributed by atoms with Crippen LogP contribution in [-0.4, -0.2) is 33.2 Å². The Morgan fingerprint density at radius 1 is 1.10 bits per heavy atom. The molecule has 0 bridgehead atoms. The molecule has 0 radical (unpaired) electrons. The fraction of sp³-hybridized carbons (Fsp3) is 0.250. The average molecular weight is 415 g/mol. The molecule has 4 rings (SSSR count). The normalized spacial score (nSPS) is 15.7. The first-order valence-electron chi connectivity index (χ1n) is 10.4. The summed E-state index contributed by atoms with van der Waals surface area (Å²) in [6.07, 6.45) is 4.49. The molecule has 31 heavy (non-hydrogen) atoms. The molecule has 1 unspecified atom stereocenters. The number of rotatable bonds is 6. The maximum Gasteiger partial charge on any atom is 0.248 e. The Morgan fingerprint density at radius 3 is 2.68 bits per heavy atom. The van der Waals surface area contributed by atoms with E-state index in [0.29, 0.717) is 30.6 Å². The van der Waals surface area contributed by atoms with E-state index in [4.69, 9.17) is 11.5 Å². The molecule has 158 valence electrons. The molecule has 2 amide bonds. The van der Waals surface area contributed by atoms with Gasteiger partial charge in [0.05, 0.1) is 11.7 Å². The third-order valence-corrected chi connectivity index (χ3v) is 5.65. The Kier molecular flexibility index (Phi) is 5.93. The van der Waals surface area contributed by atoms with Gasteiger partial charge in [-0.05, 0) is 42.5 Å². The second-order valence-electron chi connectivity index (χ2n) is 7.70. The number of nitrogen functional groups attached to an aromatic ring is 1. The Bertz CT molecular complexity index is 1100. The van der Waals surface area contributed by atoms with Crippen LogP contribution < -0.4 is 11.5 Å². The summed E-state index contributed by atoms with van der Waals surface area (Å²) >= 11 is 0. The Balaban J connectivity index is 1.62. The maximum absolute atomic E-state index is 13.1. The van der Waals surface area contributed by atoms with Crippen molar-refractivity contribution in [2.45, 2.75) is 31.7 Å². The summed E-state index contributed by atoms with van der Waals surface area (Å²) in [6.45, 7) is 0.683. The quantitative estimate of drug-likeness (QED) is 0.642. The number of anilines is 1. The number of likely N-dealkylation sites (tertiary alicyclic amines) is 1. The SMILES string of the molecule is NC(=O)c1cccc(-c2cnc(N)nc2C2CCCN2C(=O)CCc2ccccc2)c1. The lowest BCUT2D eigenvalue weighted by atomic mass is 9.98. The first-order chi connectivity index (χ1) is 15.0. The number of nitrogens with two attached hydrogens (primary N) is 2. The highest BCUT2D eigenvalue weighted by atomic mass is 16.2. The molecule has 2 aromatic carbocycles. The van der Waals surface area contributed by atoms with Crippen molar-refractivity contribution in [3.8, 4) is 11.1 Å². The minimum absolute atomic E-state index is 0.0976. The monoisotopic (exact) mass is 415 g/mol. The fourth-order valence-electron chi connectivity index (χ4n) is 4.11. The number of benzene rings is 2. The molecule has 4 N–H and O–H groups in total. The molecule has 0 aliphatic carbocycles. The summed E-state index contributed by atoms with van der Waals surface area (Å²) in [5, 5.41) is 0. The number of carbonyl (C=O) groups is 2. The van der Waals surface area contributed by atoms with Gasteiger partial charge in [-0.15, -0.1) is 0 Å². The highest BCUT2D eigenvalue weighted by Gasteiger charge is 2.32. The van der Waals surface area contributed by atoms with Crippen molar-refractivity contribution < 1.29 is 9.59 Å². The van der Waals surface area contributed by atoms with E-state index in [-0.39, 0.29) is 17.9 Å². The van der Waals surface area contributed by atoms with Gasteiger partial charge in [0.15, 0.2) is 0 Å². The summed E-state index contributed by atoms with van der Waals surface area (Å²) in [5.41, 5.74) is 15.1. The van der Waals surface area contributed by atoms with Crippen LogP contribution >= 0.6 is 0 Å². The minimum atomic E-state index is -0.502. The molecular formula is C24H25N5O2. The van der Waals surface area contributed by atoms with Gasteiger partial charge in [-0.2, -0.15) is 0 Å². The zero-order valence-corrected chi connectivity index (χ0v) is 17.2. The highest BCUT2D eigenvalue weighted by molar-refractivity contribution is 5.94. The molecule has 3 aromatic rings. The molecule has 1 saturated heterocycles. The molecule has 2 heterocycles. The van der Waals surface area contributed by atoms with E-state index in [9.17, 15) is 9.59 Å². The van der Waals surface area contributed by atoms with E-state index in [2.05, 4.69) is 9.97 Å². The number of amides is 2. The van der Waals surface area contributed by atoms with Crippen LogP contribution in [0.15, 0.2) is 60.8 Å². The maximum atomic E-state index is 13.1. The summed E-state index contributed by atoms with van der Waals surface area (Å²) in [4.78, 5) is 35.3. The van der Waals surface area contributed by atoms with Crippen LogP contribution in [-0.2, 0) is 11.2 Å². The predicted octanol–water partition coefficient (Wildman–Crippen LogP) is 3.12. The van der Waals surface area contributed by atoms with Crippen molar-refractivity contribution in [2.24, 2.45) is 5.73 Å². The van der Waals surface area contributed by atoms with Gasteiger partial charge < -0.3 is 16.4 Å². The minimum Gasteiger partial charge on any atom is -0.368 e. The summed E-state index contributed by atoms with van der Waals surface area (Å²) in [5.74, 6) is -0.243. The van der Waals surface area contributed by atoms with E-state index < -0.39 is 5.91 Å². The van der Waals surface area contributed by atoms with Crippen LogP contribution in [0, 0.1) is 0 Å². The number of primary amides is 1. The van der Waals surface area contributed by atoms with E-state index in [1.165, 1.54) is 0 Å². The van der Waals surface area contributed by atoms with Crippen LogP contribution in [0.3, 0.4) is 0 Å². The predicted molar refractivity (Wildman–Crippen MR) is 119 cm³/mol. The topological polar surface area (TPSA) is 115 Å². The first-order valence-corrected chi connectivity index (χ1v) is 10.4. The highest BCUT2D eigenvalue weighted by Crippen LogP contribution is 2.37. The lowest BCUT2D eigenvalue weighted by Gasteiger charge is -2.26. The van der Waals surface area contributed by atoms with Gasteiger partial charge in [-0.1, -0.05) is 42.5 Å². The number of aryl methyl sites for hydroxylation is 1. The van der Waals surface area contributed by atoms with Crippen molar-refractivity contribution >= 4 is 17.8 Å². The van der Waals surface area contributed by atoms with Gasteiger partial charge in [-0.3, -0.25) is 9.59 Å². The number of nitrogens with zero attached hydrogens (tertiary/aromatic N) is 3. The second-order valence-corrected chi connectivity index (χ2v) is 7.70. The van der Waals surface area contributed by atoms with Crippen LogP contribution in [0.5, 0.6) is 0 Å². The van der Waals surface area contributed by atoms with Crippen molar-refractivity contribution in [1.29, 1.82) is 0 Å². The molecule has 1 fully saturated rings. The summed E-state index contributed by atoms with van der Waals surface area (Å²) in [7, 11) is 0. The standard InChI is InChI=1S/C24H25N5O2/c25-23(31)18-9-4-8-17(14-18)19-15-27-24(26)28-22(19)20-10-5-13-29(20)21(30)12-11-16-6-2-1-3-7-16/h1-4,6-9,14-15,20H,5,10-13H2,(H2,25,31)(H2,26,27,28). The third-order valence-electron chi connectivity index (χ3n) is 5.65. The lowest BCUT2D eigenvalue weighted by Crippen LogP contribution is -2.31. The molecule has 1 aliphatic heterocycles. The number of hydrogen-bond acceptors (Lipinski definition) is 5. The first kappa shape index (κ1) is 20.5. The molecule has 1 aromatic heterocycles. The van der Waals surface area contributed by atoms with E-state index in [1.54, 1.807) is 24.4 Å². The Morgan fingerprint density at radius 2 is 1.90 bits per heavy atom. The van der Waals surface area contributed by atoms with Gasteiger partial charge in [0, 0.05) is 30.3 Å².